The molecule has 0 bridgehead atoms. The van der Waals surface area contributed by atoms with E-state index in [4.69, 9.17) is 4.98 Å². The summed E-state index contributed by atoms with van der Waals surface area (Å²) >= 11 is 1.97. The molecule has 132 valence electrons. The summed E-state index contributed by atoms with van der Waals surface area (Å²) in [5, 5.41) is 16.2. The van der Waals surface area contributed by atoms with Crippen molar-refractivity contribution in [3.63, 3.8) is 0 Å². The highest BCUT2D eigenvalue weighted by atomic mass is 32.2. The largest absolute Gasteiger partial charge is 0.611 e. The maximum absolute atomic E-state index is 12.9. The highest BCUT2D eigenvalue weighted by Crippen LogP contribution is 2.40. The van der Waals surface area contributed by atoms with E-state index in [1.165, 1.54) is 11.3 Å². The quantitative estimate of drug-likeness (QED) is 0.451. The average Bonchev–Trinajstić information content (AvgIpc) is 3.39. The Kier molecular flexibility index (Phi) is 3.92. The molecule has 0 aromatic carbocycles. The van der Waals surface area contributed by atoms with Crippen LogP contribution >= 0.6 is 22.7 Å². The molecular formula is C16H14N6OS3. The van der Waals surface area contributed by atoms with Crippen LogP contribution in [0.2, 0.25) is 0 Å². The van der Waals surface area contributed by atoms with Crippen molar-refractivity contribution in [1.29, 1.82) is 0 Å². The Morgan fingerprint density at radius 3 is 3.12 bits per heavy atom. The number of thiophene rings is 1. The van der Waals surface area contributed by atoms with Crippen LogP contribution < -0.4 is 0 Å². The molecule has 1 atom stereocenters. The third kappa shape index (κ3) is 2.44. The molecule has 5 rings (SSSR count). The van der Waals surface area contributed by atoms with Crippen molar-refractivity contribution < 1.29 is 4.55 Å². The average molecular weight is 403 g/mol. The monoisotopic (exact) mass is 402 g/mol. The van der Waals surface area contributed by atoms with Gasteiger partial charge in [0, 0.05) is 17.0 Å². The smallest absolute Gasteiger partial charge is 0.234 e. The molecule has 5 aromatic rings. The minimum Gasteiger partial charge on any atom is -0.611 e. The second-order valence-electron chi connectivity index (χ2n) is 5.88. The van der Waals surface area contributed by atoms with Crippen molar-refractivity contribution in [3.05, 3.63) is 23.8 Å². The van der Waals surface area contributed by atoms with Crippen LogP contribution in [0.5, 0.6) is 0 Å². The maximum atomic E-state index is 12.9. The van der Waals surface area contributed by atoms with Gasteiger partial charge in [0.25, 0.3) is 0 Å². The summed E-state index contributed by atoms with van der Waals surface area (Å²) in [5.41, 5.74) is 2.52. The summed E-state index contributed by atoms with van der Waals surface area (Å²) in [5.74, 6) is 0.650. The molecule has 10 heteroatoms. The highest BCUT2D eigenvalue weighted by Gasteiger charge is 2.25. The Hall–Kier alpha value is -2.01. The van der Waals surface area contributed by atoms with Crippen molar-refractivity contribution in [2.24, 2.45) is 0 Å². The van der Waals surface area contributed by atoms with E-state index in [2.05, 4.69) is 27.3 Å². The summed E-state index contributed by atoms with van der Waals surface area (Å²) in [7, 11) is 0. The first-order chi connectivity index (χ1) is 12.8. The Morgan fingerprint density at radius 2 is 2.31 bits per heavy atom. The van der Waals surface area contributed by atoms with E-state index in [1.807, 2.05) is 11.4 Å². The van der Waals surface area contributed by atoms with Crippen molar-refractivity contribution >= 4 is 60.5 Å². The standard InChI is InChI=1S/C16H14N6OS3/c1-2-3-6-26(23)16-13-12-9(11-8-18-21-22(11)20-13)7-10(19-15(12)25-16)14-17-4-5-24-14/h4-5,7-8,20H,2-3,6H2,1H3. The topological polar surface area (TPSA) is 94.8 Å². The van der Waals surface area contributed by atoms with E-state index < -0.39 is 11.2 Å². The number of unbranched alkanes of at least 4 members (excludes halogenated alkanes) is 1. The van der Waals surface area contributed by atoms with Gasteiger partial charge in [-0.05, 0) is 28.9 Å². The van der Waals surface area contributed by atoms with Gasteiger partial charge in [-0.15, -0.1) is 16.4 Å². The SMILES string of the molecule is CCCC[S+]([O-])c1sc2nc(-c3nccs3)cc3c2c1[nH]n1nncc31. The molecule has 0 amide bonds. The van der Waals surface area contributed by atoms with Gasteiger partial charge < -0.3 is 4.55 Å². The van der Waals surface area contributed by atoms with Crippen LogP contribution in [0, 0.1) is 0 Å². The Balaban J connectivity index is 1.83. The first-order valence-corrected chi connectivity index (χ1v) is 11.2. The number of thiazole rings is 1. The van der Waals surface area contributed by atoms with Crippen LogP contribution in [-0.4, -0.2) is 40.3 Å². The molecule has 0 aliphatic rings. The molecule has 5 heterocycles. The van der Waals surface area contributed by atoms with Gasteiger partial charge >= 0.3 is 0 Å². The summed E-state index contributed by atoms with van der Waals surface area (Å²) in [4.78, 5) is 10.0. The van der Waals surface area contributed by atoms with E-state index in [0.29, 0.717) is 5.75 Å². The van der Waals surface area contributed by atoms with E-state index in [-0.39, 0.29) is 0 Å². The summed E-state index contributed by atoms with van der Waals surface area (Å²) < 4.78 is 15.3. The lowest BCUT2D eigenvalue weighted by Gasteiger charge is -2.08. The fourth-order valence-electron chi connectivity index (χ4n) is 2.98. The van der Waals surface area contributed by atoms with Gasteiger partial charge in [-0.25, -0.2) is 9.97 Å². The highest BCUT2D eigenvalue weighted by molar-refractivity contribution is 7.93. The maximum Gasteiger partial charge on any atom is 0.234 e. The number of rotatable bonds is 5. The molecule has 1 N–H and O–H groups in total. The van der Waals surface area contributed by atoms with Crippen LogP contribution in [0.3, 0.4) is 0 Å². The molecule has 26 heavy (non-hydrogen) atoms. The first kappa shape index (κ1) is 16.2. The van der Waals surface area contributed by atoms with Crippen LogP contribution in [0.15, 0.2) is 28.0 Å². The van der Waals surface area contributed by atoms with Crippen LogP contribution in [0.25, 0.3) is 37.3 Å². The van der Waals surface area contributed by atoms with E-state index in [0.717, 1.165) is 54.4 Å². The number of nitrogens with one attached hydrogen (secondary N) is 1. The molecule has 7 nitrogen and oxygen atoms in total. The molecule has 0 aliphatic heterocycles. The summed E-state index contributed by atoms with van der Waals surface area (Å²) in [6, 6.07) is 2.02. The van der Waals surface area contributed by atoms with Crippen molar-refractivity contribution in [2.75, 3.05) is 5.75 Å². The van der Waals surface area contributed by atoms with Gasteiger partial charge in [0.1, 0.15) is 32.3 Å². The van der Waals surface area contributed by atoms with Gasteiger partial charge in [0.05, 0.1) is 11.6 Å². The molecular weight excluding hydrogens is 388 g/mol. The van der Waals surface area contributed by atoms with Gasteiger partial charge in [-0.3, -0.25) is 5.10 Å². The zero-order chi connectivity index (χ0) is 17.7. The lowest BCUT2D eigenvalue weighted by molar-refractivity contribution is 0.594. The number of H-pyrrole nitrogens is 1. The van der Waals surface area contributed by atoms with Gasteiger partial charge in [-0.2, -0.15) is 4.63 Å². The zero-order valence-corrected chi connectivity index (χ0v) is 16.2. The number of hydrogen-bond acceptors (Lipinski definition) is 7. The Bertz CT molecular complexity index is 1210. The summed E-state index contributed by atoms with van der Waals surface area (Å²) in [6.45, 7) is 2.10. The molecule has 0 saturated carbocycles. The lowest BCUT2D eigenvalue weighted by Crippen LogP contribution is -2.06. The lowest BCUT2D eigenvalue weighted by atomic mass is 10.1. The molecule has 0 aliphatic carbocycles. The van der Waals surface area contributed by atoms with Gasteiger partial charge in [-0.1, -0.05) is 24.7 Å². The van der Waals surface area contributed by atoms with Gasteiger partial charge in [0.2, 0.25) is 4.21 Å². The number of aromatic nitrogens is 6. The summed E-state index contributed by atoms with van der Waals surface area (Å²) in [6.07, 6.45) is 5.45. The molecule has 5 aromatic heterocycles. The van der Waals surface area contributed by atoms with E-state index >= 15 is 0 Å². The minimum atomic E-state index is -1.07. The van der Waals surface area contributed by atoms with E-state index in [9.17, 15) is 4.55 Å². The molecule has 0 fully saturated rings. The van der Waals surface area contributed by atoms with Crippen LogP contribution in [0.4, 0.5) is 0 Å². The predicted molar refractivity (Wildman–Crippen MR) is 105 cm³/mol. The number of hydrogen-bond donors (Lipinski definition) is 1. The van der Waals surface area contributed by atoms with Crippen LogP contribution in [0.1, 0.15) is 19.8 Å². The van der Waals surface area contributed by atoms with Crippen molar-refractivity contribution in [1.82, 2.24) is 30.0 Å². The number of fused-ring (bicyclic) bond motifs is 2. The second kappa shape index (κ2) is 6.31. The Labute approximate surface area is 159 Å². The normalized spacial score (nSPS) is 13.3. The fraction of sp³-hybridized carbons (Fsp3) is 0.250. The number of aromatic amines is 1. The molecule has 0 spiro atoms. The minimum absolute atomic E-state index is 0.650. The van der Waals surface area contributed by atoms with Gasteiger partial charge in [0.15, 0.2) is 0 Å². The first-order valence-electron chi connectivity index (χ1n) is 8.20. The predicted octanol–water partition coefficient (Wildman–Crippen LogP) is 3.85. The fourth-order valence-corrected chi connectivity index (χ4v) is 6.43. The third-order valence-electron chi connectivity index (χ3n) is 4.21. The molecule has 0 saturated heterocycles. The zero-order valence-electron chi connectivity index (χ0n) is 13.8. The van der Waals surface area contributed by atoms with Crippen LogP contribution in [-0.2, 0) is 11.2 Å². The molecule has 1 unspecified atom stereocenters. The second-order valence-corrected chi connectivity index (χ2v) is 9.54. The van der Waals surface area contributed by atoms with Crippen molar-refractivity contribution in [3.8, 4) is 10.7 Å². The van der Waals surface area contributed by atoms with Crippen molar-refractivity contribution in [2.45, 2.75) is 24.0 Å². The molecule has 0 radical (unpaired) electrons. The third-order valence-corrected chi connectivity index (χ3v) is 7.97. The number of nitrogens with zero attached hydrogens (tertiary/aromatic N) is 5. The number of pyridine rings is 1. The van der Waals surface area contributed by atoms with E-state index in [1.54, 1.807) is 28.4 Å². The Morgan fingerprint density at radius 1 is 1.38 bits per heavy atom.